The number of hydrogen-bond acceptors (Lipinski definition) is 3. The van der Waals surface area contributed by atoms with Crippen molar-refractivity contribution in [2.75, 3.05) is 12.3 Å². The topological polar surface area (TPSA) is 12.0 Å². The van der Waals surface area contributed by atoms with Crippen molar-refractivity contribution in [3.63, 3.8) is 0 Å². The van der Waals surface area contributed by atoms with Gasteiger partial charge in [-0.05, 0) is 41.8 Å². The molecule has 1 atom stereocenters. The number of thiophene rings is 1. The SMILES string of the molecule is CCCNC(CSC(C)(C)C)Cc1ccsc1. The highest BCUT2D eigenvalue weighted by Gasteiger charge is 2.15. The van der Waals surface area contributed by atoms with Crippen molar-refractivity contribution >= 4 is 23.1 Å². The molecule has 0 aliphatic heterocycles. The van der Waals surface area contributed by atoms with E-state index in [1.54, 1.807) is 11.3 Å². The first kappa shape index (κ1) is 15.1. The summed E-state index contributed by atoms with van der Waals surface area (Å²) in [4.78, 5) is 0. The molecule has 0 saturated carbocycles. The molecule has 0 amide bonds. The Labute approximate surface area is 114 Å². The van der Waals surface area contributed by atoms with Gasteiger partial charge in [-0.25, -0.2) is 0 Å². The Kier molecular flexibility index (Phi) is 6.60. The Bertz CT molecular complexity index is 288. The molecule has 0 aromatic carbocycles. The summed E-state index contributed by atoms with van der Waals surface area (Å²) >= 11 is 3.85. The molecule has 0 spiro atoms. The monoisotopic (exact) mass is 271 g/mol. The largest absolute Gasteiger partial charge is 0.313 e. The third kappa shape index (κ3) is 7.12. The Morgan fingerprint density at radius 1 is 1.41 bits per heavy atom. The van der Waals surface area contributed by atoms with E-state index in [0.29, 0.717) is 10.8 Å². The lowest BCUT2D eigenvalue weighted by molar-refractivity contribution is 0.549. The van der Waals surface area contributed by atoms with E-state index in [1.165, 1.54) is 17.7 Å². The van der Waals surface area contributed by atoms with E-state index < -0.39 is 0 Å². The number of rotatable bonds is 7. The summed E-state index contributed by atoms with van der Waals surface area (Å²) in [7, 11) is 0. The van der Waals surface area contributed by atoms with Crippen LogP contribution in [0.2, 0.25) is 0 Å². The average molecular weight is 271 g/mol. The number of nitrogens with one attached hydrogen (secondary N) is 1. The van der Waals surface area contributed by atoms with Crippen molar-refractivity contribution < 1.29 is 0 Å². The van der Waals surface area contributed by atoms with E-state index in [1.807, 2.05) is 0 Å². The molecule has 1 aromatic heterocycles. The fourth-order valence-electron chi connectivity index (χ4n) is 1.58. The molecule has 1 nitrogen and oxygen atoms in total. The van der Waals surface area contributed by atoms with Crippen LogP contribution >= 0.6 is 23.1 Å². The zero-order chi connectivity index (χ0) is 12.7. The lowest BCUT2D eigenvalue weighted by Crippen LogP contribution is -2.35. The molecule has 0 aliphatic rings. The van der Waals surface area contributed by atoms with Gasteiger partial charge >= 0.3 is 0 Å². The third-order valence-corrected chi connectivity index (χ3v) is 4.63. The number of thioether (sulfide) groups is 1. The second kappa shape index (κ2) is 7.45. The standard InChI is InChI=1S/C14H25NS2/c1-5-7-15-13(11-17-14(2,3)4)9-12-6-8-16-10-12/h6,8,10,13,15H,5,7,9,11H2,1-4H3. The molecular weight excluding hydrogens is 246 g/mol. The highest BCUT2D eigenvalue weighted by Crippen LogP contribution is 2.24. The van der Waals surface area contributed by atoms with E-state index in [9.17, 15) is 0 Å². The molecule has 0 radical (unpaired) electrons. The van der Waals surface area contributed by atoms with Crippen molar-refractivity contribution in [1.29, 1.82) is 0 Å². The molecule has 1 unspecified atom stereocenters. The summed E-state index contributed by atoms with van der Waals surface area (Å²) < 4.78 is 0.362. The zero-order valence-electron chi connectivity index (χ0n) is 11.5. The van der Waals surface area contributed by atoms with Crippen LogP contribution in [0.4, 0.5) is 0 Å². The number of hydrogen-bond donors (Lipinski definition) is 1. The highest BCUT2D eigenvalue weighted by atomic mass is 32.2. The van der Waals surface area contributed by atoms with Crippen LogP contribution in [-0.4, -0.2) is 23.1 Å². The van der Waals surface area contributed by atoms with Gasteiger partial charge in [0, 0.05) is 16.5 Å². The van der Waals surface area contributed by atoms with Gasteiger partial charge in [0.15, 0.2) is 0 Å². The van der Waals surface area contributed by atoms with Gasteiger partial charge in [0.05, 0.1) is 0 Å². The van der Waals surface area contributed by atoms with Crippen LogP contribution in [-0.2, 0) is 6.42 Å². The van der Waals surface area contributed by atoms with Crippen LogP contribution in [0, 0.1) is 0 Å². The van der Waals surface area contributed by atoms with Crippen molar-refractivity contribution in [3.8, 4) is 0 Å². The summed E-state index contributed by atoms with van der Waals surface area (Å²) in [5.74, 6) is 1.19. The predicted molar refractivity (Wildman–Crippen MR) is 82.3 cm³/mol. The maximum atomic E-state index is 3.66. The van der Waals surface area contributed by atoms with Crippen LogP contribution in [0.1, 0.15) is 39.7 Å². The molecule has 1 aromatic rings. The lowest BCUT2D eigenvalue weighted by Gasteiger charge is -2.23. The van der Waals surface area contributed by atoms with Crippen molar-refractivity contribution in [2.24, 2.45) is 0 Å². The van der Waals surface area contributed by atoms with Gasteiger partial charge in [-0.3, -0.25) is 0 Å². The lowest BCUT2D eigenvalue weighted by atomic mass is 10.1. The van der Waals surface area contributed by atoms with Crippen molar-refractivity contribution in [2.45, 2.75) is 51.3 Å². The van der Waals surface area contributed by atoms with Crippen LogP contribution in [0.3, 0.4) is 0 Å². The Hall–Kier alpha value is 0.01000. The highest BCUT2D eigenvalue weighted by molar-refractivity contribution is 8.00. The molecule has 17 heavy (non-hydrogen) atoms. The van der Waals surface area contributed by atoms with Gasteiger partial charge in [0.1, 0.15) is 0 Å². The van der Waals surface area contributed by atoms with Crippen molar-refractivity contribution in [1.82, 2.24) is 5.32 Å². The maximum absolute atomic E-state index is 3.66. The molecule has 1 rings (SSSR count). The fourth-order valence-corrected chi connectivity index (χ4v) is 3.20. The second-order valence-electron chi connectivity index (χ2n) is 5.41. The molecule has 0 fully saturated rings. The van der Waals surface area contributed by atoms with Gasteiger partial charge in [-0.2, -0.15) is 23.1 Å². The molecular formula is C14H25NS2. The van der Waals surface area contributed by atoms with Gasteiger partial charge < -0.3 is 5.32 Å². The predicted octanol–water partition coefficient (Wildman–Crippen LogP) is 4.19. The molecule has 0 aliphatic carbocycles. The van der Waals surface area contributed by atoms with E-state index in [2.05, 4.69) is 61.6 Å². The fraction of sp³-hybridized carbons (Fsp3) is 0.714. The van der Waals surface area contributed by atoms with E-state index in [0.717, 1.165) is 13.0 Å². The quantitative estimate of drug-likeness (QED) is 0.798. The van der Waals surface area contributed by atoms with Crippen LogP contribution in [0.25, 0.3) is 0 Å². The van der Waals surface area contributed by atoms with Gasteiger partial charge in [-0.1, -0.05) is 27.7 Å². The average Bonchev–Trinajstić information content (AvgIpc) is 2.73. The minimum Gasteiger partial charge on any atom is -0.313 e. The zero-order valence-corrected chi connectivity index (χ0v) is 13.1. The smallest absolute Gasteiger partial charge is 0.0199 e. The minimum atomic E-state index is 0.362. The van der Waals surface area contributed by atoms with E-state index in [-0.39, 0.29) is 0 Å². The summed E-state index contributed by atoms with van der Waals surface area (Å²) in [6.45, 7) is 10.2. The first-order chi connectivity index (χ1) is 8.01. The summed E-state index contributed by atoms with van der Waals surface area (Å²) in [6.07, 6.45) is 2.37. The summed E-state index contributed by atoms with van der Waals surface area (Å²) in [6, 6.07) is 2.85. The van der Waals surface area contributed by atoms with Gasteiger partial charge in [0.25, 0.3) is 0 Å². The third-order valence-electron chi connectivity index (χ3n) is 2.46. The summed E-state index contributed by atoms with van der Waals surface area (Å²) in [5.41, 5.74) is 1.47. The van der Waals surface area contributed by atoms with Gasteiger partial charge in [-0.15, -0.1) is 0 Å². The molecule has 3 heteroatoms. The van der Waals surface area contributed by atoms with Gasteiger partial charge in [0.2, 0.25) is 0 Å². The molecule has 0 saturated heterocycles. The molecule has 98 valence electrons. The van der Waals surface area contributed by atoms with Crippen molar-refractivity contribution in [3.05, 3.63) is 22.4 Å². The summed E-state index contributed by atoms with van der Waals surface area (Å²) in [5, 5.41) is 8.10. The second-order valence-corrected chi connectivity index (χ2v) is 8.04. The Morgan fingerprint density at radius 2 is 2.18 bits per heavy atom. The van der Waals surface area contributed by atoms with E-state index in [4.69, 9.17) is 0 Å². The maximum Gasteiger partial charge on any atom is 0.0199 e. The molecule has 0 bridgehead atoms. The Balaban J connectivity index is 2.42. The van der Waals surface area contributed by atoms with E-state index >= 15 is 0 Å². The van der Waals surface area contributed by atoms with Crippen LogP contribution in [0.5, 0.6) is 0 Å². The first-order valence-corrected chi connectivity index (χ1v) is 8.32. The minimum absolute atomic E-state index is 0.362. The Morgan fingerprint density at radius 3 is 2.71 bits per heavy atom. The van der Waals surface area contributed by atoms with Crippen LogP contribution in [0.15, 0.2) is 16.8 Å². The first-order valence-electron chi connectivity index (χ1n) is 6.39. The molecule has 1 heterocycles. The van der Waals surface area contributed by atoms with Crippen LogP contribution < -0.4 is 5.32 Å². The molecule has 1 N–H and O–H groups in total. The normalized spacial score (nSPS) is 13.9.